The van der Waals surface area contributed by atoms with Gasteiger partial charge in [0.15, 0.2) is 0 Å². The van der Waals surface area contributed by atoms with Crippen LogP contribution in [0.15, 0.2) is 97.1 Å². The van der Waals surface area contributed by atoms with Crippen LogP contribution in [-0.2, 0) is 0 Å². The molecule has 1 aliphatic rings. The first-order valence-electron chi connectivity index (χ1n) is 8.03. The molecule has 23 heavy (non-hydrogen) atoms. The van der Waals surface area contributed by atoms with Crippen molar-refractivity contribution in [2.75, 3.05) is 0 Å². The monoisotopic (exact) mass is 294 g/mol. The second-order valence-corrected chi connectivity index (χ2v) is 5.77. The molecule has 0 heterocycles. The van der Waals surface area contributed by atoms with E-state index < -0.39 is 0 Å². The lowest BCUT2D eigenvalue weighted by atomic mass is 9.90. The Morgan fingerprint density at radius 1 is 0.478 bits per heavy atom. The summed E-state index contributed by atoms with van der Waals surface area (Å²) in [4.78, 5) is 0. The molecule has 0 aromatic heterocycles. The molecule has 1 aliphatic carbocycles. The van der Waals surface area contributed by atoms with Crippen molar-refractivity contribution in [3.8, 4) is 0 Å². The van der Waals surface area contributed by atoms with Gasteiger partial charge in [0.1, 0.15) is 0 Å². The van der Waals surface area contributed by atoms with E-state index in [9.17, 15) is 0 Å². The minimum Gasteiger partial charge on any atom is -0.0716 e. The zero-order chi connectivity index (χ0) is 15.5. The fraction of sp³-hybridized carbons (Fsp3) is 0.0435. The molecule has 0 saturated heterocycles. The molecule has 0 aliphatic heterocycles. The van der Waals surface area contributed by atoms with Crippen LogP contribution < -0.4 is 0 Å². The van der Waals surface area contributed by atoms with E-state index in [-0.39, 0.29) is 0 Å². The standard InChI is InChI=1S/C23H18/c1-4-10-18(11-5-1)21-16-17-22(19-12-6-2-7-13-19)23(21)20-14-8-3-9-15-20/h1-16H,17H2. The highest BCUT2D eigenvalue weighted by atomic mass is 14.2. The molecule has 110 valence electrons. The largest absolute Gasteiger partial charge is 0.0716 e. The summed E-state index contributed by atoms with van der Waals surface area (Å²) in [5.74, 6) is 0. The summed E-state index contributed by atoms with van der Waals surface area (Å²) in [5.41, 5.74) is 8.01. The SMILES string of the molecule is C1=C(c2ccccc2)C(c2ccccc2)=C(c2ccccc2)C1. The van der Waals surface area contributed by atoms with E-state index in [1.807, 2.05) is 0 Å². The van der Waals surface area contributed by atoms with Gasteiger partial charge in [0.2, 0.25) is 0 Å². The highest BCUT2D eigenvalue weighted by Crippen LogP contribution is 2.44. The van der Waals surface area contributed by atoms with Gasteiger partial charge in [-0.2, -0.15) is 0 Å². The quantitative estimate of drug-likeness (QED) is 0.548. The summed E-state index contributed by atoms with van der Waals surface area (Å²) >= 11 is 0. The third-order valence-electron chi connectivity index (χ3n) is 4.35. The average Bonchev–Trinajstić information content (AvgIpc) is 3.09. The van der Waals surface area contributed by atoms with Crippen LogP contribution in [0.25, 0.3) is 16.7 Å². The fourth-order valence-electron chi connectivity index (χ4n) is 3.29. The topological polar surface area (TPSA) is 0 Å². The van der Waals surface area contributed by atoms with Gasteiger partial charge in [-0.3, -0.25) is 0 Å². The minimum atomic E-state index is 0.985. The molecule has 0 saturated carbocycles. The summed E-state index contributed by atoms with van der Waals surface area (Å²) < 4.78 is 0. The first kappa shape index (κ1) is 13.8. The van der Waals surface area contributed by atoms with Gasteiger partial charge in [0.05, 0.1) is 0 Å². The Kier molecular flexibility index (Phi) is 3.65. The van der Waals surface area contributed by atoms with Gasteiger partial charge in [-0.15, -0.1) is 0 Å². The van der Waals surface area contributed by atoms with Crippen molar-refractivity contribution in [1.82, 2.24) is 0 Å². The lowest BCUT2D eigenvalue weighted by Gasteiger charge is -2.13. The Morgan fingerprint density at radius 2 is 0.957 bits per heavy atom. The van der Waals surface area contributed by atoms with Crippen molar-refractivity contribution < 1.29 is 0 Å². The second kappa shape index (κ2) is 6.10. The number of allylic oxidation sites excluding steroid dienone is 4. The molecule has 3 aromatic carbocycles. The maximum atomic E-state index is 2.36. The van der Waals surface area contributed by atoms with E-state index >= 15 is 0 Å². The fourth-order valence-corrected chi connectivity index (χ4v) is 3.29. The van der Waals surface area contributed by atoms with E-state index in [1.165, 1.54) is 33.4 Å². The zero-order valence-electron chi connectivity index (χ0n) is 12.9. The summed E-state index contributed by atoms with van der Waals surface area (Å²) in [6.45, 7) is 0. The Labute approximate surface area is 137 Å². The third-order valence-corrected chi connectivity index (χ3v) is 4.35. The summed E-state index contributed by atoms with van der Waals surface area (Å²) in [6.07, 6.45) is 3.35. The second-order valence-electron chi connectivity index (χ2n) is 5.77. The Balaban J connectivity index is 1.91. The van der Waals surface area contributed by atoms with Gasteiger partial charge < -0.3 is 0 Å². The molecular formula is C23H18. The van der Waals surface area contributed by atoms with E-state index in [2.05, 4.69) is 97.1 Å². The van der Waals surface area contributed by atoms with E-state index in [0.717, 1.165) is 6.42 Å². The Hall–Kier alpha value is -2.86. The molecule has 0 amide bonds. The van der Waals surface area contributed by atoms with Gasteiger partial charge in [-0.25, -0.2) is 0 Å². The molecule has 0 nitrogen and oxygen atoms in total. The lowest BCUT2D eigenvalue weighted by molar-refractivity contribution is 1.43. The van der Waals surface area contributed by atoms with E-state index in [0.29, 0.717) is 0 Å². The summed E-state index contributed by atoms with van der Waals surface area (Å²) in [7, 11) is 0. The molecule has 0 N–H and O–H groups in total. The molecule has 3 aromatic rings. The smallest absolute Gasteiger partial charge is 0.00673 e. The maximum absolute atomic E-state index is 2.36. The van der Waals surface area contributed by atoms with Crippen molar-refractivity contribution in [2.24, 2.45) is 0 Å². The van der Waals surface area contributed by atoms with Crippen molar-refractivity contribution >= 4 is 16.7 Å². The van der Waals surface area contributed by atoms with Crippen LogP contribution in [0.1, 0.15) is 23.1 Å². The zero-order valence-corrected chi connectivity index (χ0v) is 12.9. The average molecular weight is 294 g/mol. The van der Waals surface area contributed by atoms with Crippen LogP contribution in [0, 0.1) is 0 Å². The van der Waals surface area contributed by atoms with Crippen molar-refractivity contribution in [3.05, 3.63) is 114 Å². The van der Waals surface area contributed by atoms with Crippen LogP contribution in [0.2, 0.25) is 0 Å². The molecule has 0 bridgehead atoms. The summed E-state index contributed by atoms with van der Waals surface area (Å²) in [5, 5.41) is 0. The minimum absolute atomic E-state index is 0.985. The lowest BCUT2D eigenvalue weighted by Crippen LogP contribution is -1.91. The van der Waals surface area contributed by atoms with Gasteiger partial charge in [0, 0.05) is 0 Å². The number of rotatable bonds is 3. The van der Waals surface area contributed by atoms with Gasteiger partial charge in [0.25, 0.3) is 0 Å². The van der Waals surface area contributed by atoms with Crippen molar-refractivity contribution in [2.45, 2.75) is 6.42 Å². The molecule has 0 spiro atoms. The van der Waals surface area contributed by atoms with Gasteiger partial charge >= 0.3 is 0 Å². The van der Waals surface area contributed by atoms with Crippen LogP contribution in [-0.4, -0.2) is 0 Å². The molecule has 0 fully saturated rings. The van der Waals surface area contributed by atoms with Crippen molar-refractivity contribution in [3.63, 3.8) is 0 Å². The van der Waals surface area contributed by atoms with E-state index in [1.54, 1.807) is 0 Å². The molecule has 4 rings (SSSR count). The molecular weight excluding hydrogens is 276 g/mol. The maximum Gasteiger partial charge on any atom is -0.00673 e. The molecule has 0 radical (unpaired) electrons. The first-order chi connectivity index (χ1) is 11.4. The Morgan fingerprint density at radius 3 is 1.52 bits per heavy atom. The van der Waals surface area contributed by atoms with Gasteiger partial charge in [-0.05, 0) is 39.8 Å². The predicted octanol–water partition coefficient (Wildman–Crippen LogP) is 6.08. The predicted molar refractivity (Wildman–Crippen MR) is 98.7 cm³/mol. The molecule has 0 atom stereocenters. The van der Waals surface area contributed by atoms with E-state index in [4.69, 9.17) is 0 Å². The first-order valence-corrected chi connectivity index (χ1v) is 8.03. The third kappa shape index (κ3) is 2.64. The number of hydrogen-bond acceptors (Lipinski definition) is 0. The van der Waals surface area contributed by atoms with Crippen LogP contribution >= 0.6 is 0 Å². The highest BCUT2D eigenvalue weighted by molar-refractivity contribution is 6.18. The van der Waals surface area contributed by atoms with Crippen LogP contribution in [0.3, 0.4) is 0 Å². The normalized spacial score (nSPS) is 14.0. The van der Waals surface area contributed by atoms with Gasteiger partial charge in [-0.1, -0.05) is 97.1 Å². The van der Waals surface area contributed by atoms with Crippen molar-refractivity contribution in [1.29, 1.82) is 0 Å². The highest BCUT2D eigenvalue weighted by Gasteiger charge is 2.21. The molecule has 0 heteroatoms. The molecule has 0 unspecified atom stereocenters. The number of hydrogen-bond donors (Lipinski definition) is 0. The van der Waals surface area contributed by atoms with Crippen LogP contribution in [0.4, 0.5) is 0 Å². The van der Waals surface area contributed by atoms with Crippen LogP contribution in [0.5, 0.6) is 0 Å². The number of benzene rings is 3. The Bertz CT molecular complexity index is 854. The summed E-state index contributed by atoms with van der Waals surface area (Å²) in [6, 6.07) is 32.1.